The van der Waals surface area contributed by atoms with Gasteiger partial charge in [0.1, 0.15) is 22.7 Å². The zero-order valence-corrected chi connectivity index (χ0v) is 12.7. The van der Waals surface area contributed by atoms with Gasteiger partial charge in [0.15, 0.2) is 0 Å². The van der Waals surface area contributed by atoms with Crippen molar-refractivity contribution in [2.45, 2.75) is 13.3 Å². The van der Waals surface area contributed by atoms with Crippen LogP contribution in [-0.2, 0) is 0 Å². The lowest BCUT2D eigenvalue weighted by atomic mass is 10.3. The predicted molar refractivity (Wildman–Crippen MR) is 87.2 cm³/mol. The highest BCUT2D eigenvalue weighted by molar-refractivity contribution is 7.18. The minimum absolute atomic E-state index is 0.688. The van der Waals surface area contributed by atoms with Crippen molar-refractivity contribution < 1.29 is 4.74 Å². The summed E-state index contributed by atoms with van der Waals surface area (Å²) in [4.78, 5) is 10.9. The second-order valence-corrected chi connectivity index (χ2v) is 5.97. The third-order valence-corrected chi connectivity index (χ3v) is 4.04. The topological polar surface area (TPSA) is 47.0 Å². The molecule has 0 aliphatic rings. The van der Waals surface area contributed by atoms with Gasteiger partial charge in [-0.1, -0.05) is 18.2 Å². The van der Waals surface area contributed by atoms with Crippen LogP contribution in [-0.4, -0.2) is 23.1 Å². The summed E-state index contributed by atoms with van der Waals surface area (Å²) < 4.78 is 5.66. The summed E-state index contributed by atoms with van der Waals surface area (Å²) in [6.45, 7) is 3.60. The number of nitrogens with zero attached hydrogens (tertiary/aromatic N) is 2. The molecule has 0 spiro atoms. The summed E-state index contributed by atoms with van der Waals surface area (Å²) in [7, 11) is 0. The van der Waals surface area contributed by atoms with E-state index < -0.39 is 0 Å². The quantitative estimate of drug-likeness (QED) is 0.702. The highest BCUT2D eigenvalue weighted by atomic mass is 32.1. The Morgan fingerprint density at radius 1 is 1.19 bits per heavy atom. The fourth-order valence-corrected chi connectivity index (χ4v) is 2.95. The van der Waals surface area contributed by atoms with Crippen LogP contribution >= 0.6 is 11.3 Å². The molecule has 0 amide bonds. The van der Waals surface area contributed by atoms with E-state index in [1.165, 1.54) is 4.88 Å². The van der Waals surface area contributed by atoms with E-state index in [1.807, 2.05) is 30.3 Å². The minimum atomic E-state index is 0.688. The zero-order valence-electron chi connectivity index (χ0n) is 11.9. The van der Waals surface area contributed by atoms with Crippen molar-refractivity contribution >= 4 is 27.4 Å². The summed E-state index contributed by atoms with van der Waals surface area (Å²) in [5, 5.41) is 4.46. The van der Waals surface area contributed by atoms with Crippen LogP contribution in [0.1, 0.15) is 11.3 Å². The van der Waals surface area contributed by atoms with E-state index in [4.69, 9.17) is 4.74 Å². The number of rotatable bonds is 6. The van der Waals surface area contributed by atoms with Gasteiger partial charge in [0, 0.05) is 11.4 Å². The summed E-state index contributed by atoms with van der Waals surface area (Å²) in [5.74, 6) is 1.82. The Balaban J connectivity index is 1.51. The number of ether oxygens (including phenoxy) is 1. The van der Waals surface area contributed by atoms with Gasteiger partial charge in [-0.05, 0) is 31.5 Å². The van der Waals surface area contributed by atoms with Gasteiger partial charge in [0.25, 0.3) is 0 Å². The minimum Gasteiger partial charge on any atom is -0.494 e. The normalized spacial score (nSPS) is 10.7. The monoisotopic (exact) mass is 299 g/mol. The lowest BCUT2D eigenvalue weighted by molar-refractivity contribution is 0.315. The molecule has 0 radical (unpaired) electrons. The third kappa shape index (κ3) is 3.49. The van der Waals surface area contributed by atoms with Crippen LogP contribution in [0, 0.1) is 6.92 Å². The van der Waals surface area contributed by atoms with Crippen molar-refractivity contribution in [1.29, 1.82) is 0 Å². The van der Waals surface area contributed by atoms with Crippen LogP contribution in [0.15, 0.2) is 42.7 Å². The van der Waals surface area contributed by atoms with Crippen LogP contribution in [0.4, 0.5) is 5.82 Å². The van der Waals surface area contributed by atoms with Crippen molar-refractivity contribution in [3.05, 3.63) is 47.6 Å². The second-order valence-electron chi connectivity index (χ2n) is 4.74. The molecule has 4 nitrogen and oxygen atoms in total. The van der Waals surface area contributed by atoms with Gasteiger partial charge in [-0.25, -0.2) is 9.97 Å². The average Bonchev–Trinajstić information content (AvgIpc) is 2.89. The lowest BCUT2D eigenvalue weighted by Gasteiger charge is -2.08. The number of aryl methyl sites for hydroxylation is 1. The first kappa shape index (κ1) is 13.8. The van der Waals surface area contributed by atoms with Crippen molar-refractivity contribution in [2.75, 3.05) is 18.5 Å². The van der Waals surface area contributed by atoms with Crippen LogP contribution in [0.3, 0.4) is 0 Å². The van der Waals surface area contributed by atoms with Gasteiger partial charge in [0.05, 0.1) is 12.0 Å². The maximum Gasteiger partial charge on any atom is 0.138 e. The molecule has 0 fully saturated rings. The summed E-state index contributed by atoms with van der Waals surface area (Å²) in [6, 6.07) is 12.0. The second kappa shape index (κ2) is 6.54. The lowest BCUT2D eigenvalue weighted by Crippen LogP contribution is -2.08. The number of benzene rings is 1. The third-order valence-electron chi connectivity index (χ3n) is 3.08. The molecule has 0 unspecified atom stereocenters. The van der Waals surface area contributed by atoms with E-state index in [2.05, 4.69) is 28.3 Å². The van der Waals surface area contributed by atoms with Crippen LogP contribution in [0.2, 0.25) is 0 Å². The SMILES string of the molecule is Cc1cc2c(NCCCOc3ccccc3)ncnc2s1. The molecule has 1 N–H and O–H groups in total. The molecule has 0 saturated heterocycles. The van der Waals surface area contributed by atoms with Gasteiger partial charge in [-0.15, -0.1) is 11.3 Å². The molecule has 1 aromatic carbocycles. The van der Waals surface area contributed by atoms with Crippen LogP contribution < -0.4 is 10.1 Å². The highest BCUT2D eigenvalue weighted by Gasteiger charge is 2.05. The van der Waals surface area contributed by atoms with Gasteiger partial charge in [0.2, 0.25) is 0 Å². The Kier molecular flexibility index (Phi) is 4.31. The molecule has 108 valence electrons. The molecular formula is C16H17N3OS. The smallest absolute Gasteiger partial charge is 0.138 e. The first-order valence-corrected chi connectivity index (χ1v) is 7.77. The molecule has 5 heteroatoms. The number of hydrogen-bond donors (Lipinski definition) is 1. The summed E-state index contributed by atoms with van der Waals surface area (Å²) in [5.41, 5.74) is 0. The largest absolute Gasteiger partial charge is 0.494 e. The summed E-state index contributed by atoms with van der Waals surface area (Å²) >= 11 is 1.69. The van der Waals surface area contributed by atoms with Crippen LogP contribution in [0.25, 0.3) is 10.2 Å². The predicted octanol–water partition coefficient (Wildman–Crippen LogP) is 3.88. The molecule has 0 saturated carbocycles. The molecule has 0 atom stereocenters. The fourth-order valence-electron chi connectivity index (χ4n) is 2.10. The molecule has 3 rings (SSSR count). The maximum absolute atomic E-state index is 5.66. The molecular weight excluding hydrogens is 282 g/mol. The Bertz CT molecular complexity index is 712. The van der Waals surface area contributed by atoms with Gasteiger partial charge >= 0.3 is 0 Å². The molecule has 2 aromatic heterocycles. The number of thiophene rings is 1. The number of hydrogen-bond acceptors (Lipinski definition) is 5. The van der Waals surface area contributed by atoms with E-state index in [1.54, 1.807) is 17.7 Å². The molecule has 3 aromatic rings. The standard InChI is InChI=1S/C16H17N3OS/c1-12-10-14-15(18-11-19-16(14)21-12)17-8-5-9-20-13-6-3-2-4-7-13/h2-4,6-7,10-11H,5,8-9H2,1H3,(H,17,18,19). The number of fused-ring (bicyclic) bond motifs is 1. The van der Waals surface area contributed by atoms with E-state index in [0.717, 1.165) is 34.7 Å². The highest BCUT2D eigenvalue weighted by Crippen LogP contribution is 2.27. The Morgan fingerprint density at radius 2 is 2.05 bits per heavy atom. The van der Waals surface area contributed by atoms with E-state index in [9.17, 15) is 0 Å². The number of nitrogens with one attached hydrogen (secondary N) is 1. The molecule has 2 heterocycles. The maximum atomic E-state index is 5.66. The Morgan fingerprint density at radius 3 is 2.90 bits per heavy atom. The number of aromatic nitrogens is 2. The Hall–Kier alpha value is -2.14. The Labute approximate surface area is 127 Å². The van der Waals surface area contributed by atoms with Crippen molar-refractivity contribution in [2.24, 2.45) is 0 Å². The van der Waals surface area contributed by atoms with Gasteiger partial charge in [-0.2, -0.15) is 0 Å². The summed E-state index contributed by atoms with van der Waals surface area (Å²) in [6.07, 6.45) is 2.53. The molecule has 0 aliphatic carbocycles. The average molecular weight is 299 g/mol. The van der Waals surface area contributed by atoms with E-state index in [0.29, 0.717) is 6.61 Å². The zero-order chi connectivity index (χ0) is 14.5. The van der Waals surface area contributed by atoms with Crippen molar-refractivity contribution in [1.82, 2.24) is 9.97 Å². The molecule has 0 bridgehead atoms. The fraction of sp³-hybridized carbons (Fsp3) is 0.250. The van der Waals surface area contributed by atoms with Gasteiger partial charge in [-0.3, -0.25) is 0 Å². The number of para-hydroxylation sites is 1. The first-order chi connectivity index (χ1) is 10.3. The first-order valence-electron chi connectivity index (χ1n) is 6.96. The van der Waals surface area contributed by atoms with Crippen LogP contribution in [0.5, 0.6) is 5.75 Å². The van der Waals surface area contributed by atoms with Crippen molar-refractivity contribution in [3.63, 3.8) is 0 Å². The number of anilines is 1. The van der Waals surface area contributed by atoms with Gasteiger partial charge < -0.3 is 10.1 Å². The van der Waals surface area contributed by atoms with Crippen molar-refractivity contribution in [3.8, 4) is 5.75 Å². The molecule has 0 aliphatic heterocycles. The van der Waals surface area contributed by atoms with E-state index >= 15 is 0 Å². The van der Waals surface area contributed by atoms with E-state index in [-0.39, 0.29) is 0 Å². The molecule has 21 heavy (non-hydrogen) atoms.